The van der Waals surface area contributed by atoms with Gasteiger partial charge in [-0.1, -0.05) is 41.9 Å². The molecule has 0 aliphatic heterocycles. The van der Waals surface area contributed by atoms with Gasteiger partial charge in [0.25, 0.3) is 5.91 Å². The molecule has 0 atom stereocenters. The van der Waals surface area contributed by atoms with Crippen LogP contribution in [0.2, 0.25) is 5.02 Å². The van der Waals surface area contributed by atoms with Crippen molar-refractivity contribution in [1.29, 1.82) is 0 Å². The van der Waals surface area contributed by atoms with Gasteiger partial charge in [0.1, 0.15) is 18.2 Å². The highest BCUT2D eigenvalue weighted by atomic mass is 127. The van der Waals surface area contributed by atoms with Crippen LogP contribution in [0.3, 0.4) is 0 Å². The Hall–Kier alpha value is -3.32. The molecule has 0 aliphatic carbocycles. The number of benzene rings is 4. The number of anilines is 2. The van der Waals surface area contributed by atoms with E-state index in [1.165, 1.54) is 17.4 Å². The standard InChI is InChI=1S/C30H20BrClFIN4O2S/c31-24-13-18(14-26(34)28(24)40-16-21-3-1-2-4-25(21)33)15-35-38-29(39)20-7-5-19(6-8-20)27-17-41-30(37-27)36-23-11-9-22(32)10-12-23/h1-15,17H,16H2,(H,36,37)(H,38,39)/b35-15-. The second-order valence-corrected chi connectivity index (χ2v) is 12.0. The Morgan fingerprint density at radius 2 is 1.85 bits per heavy atom. The van der Waals surface area contributed by atoms with E-state index >= 15 is 0 Å². The summed E-state index contributed by atoms with van der Waals surface area (Å²) in [6.07, 6.45) is 1.55. The average molecular weight is 762 g/mol. The first-order chi connectivity index (χ1) is 19.9. The van der Waals surface area contributed by atoms with Crippen molar-refractivity contribution in [3.63, 3.8) is 0 Å². The number of hydrogen-bond donors (Lipinski definition) is 2. The number of carbonyl (C=O) groups excluding carboxylic acids is 1. The SMILES string of the molecule is O=C(N/N=C\c1cc(Br)c(OCc2ccccc2F)c(I)c1)c1ccc(-c2csc(Nc3ccc(Cl)cc3)n2)cc1. The summed E-state index contributed by atoms with van der Waals surface area (Å²) in [5.74, 6) is -0.0505. The van der Waals surface area contributed by atoms with Crippen molar-refractivity contribution in [1.82, 2.24) is 10.4 Å². The van der Waals surface area contributed by atoms with Gasteiger partial charge in [0.15, 0.2) is 5.13 Å². The second-order valence-electron chi connectivity index (χ2n) is 8.64. The predicted octanol–water partition coefficient (Wildman–Crippen LogP) is 9.06. The van der Waals surface area contributed by atoms with E-state index in [4.69, 9.17) is 16.3 Å². The lowest BCUT2D eigenvalue weighted by atomic mass is 10.1. The molecule has 5 aromatic rings. The van der Waals surface area contributed by atoms with Crippen molar-refractivity contribution in [3.05, 3.63) is 126 Å². The third-order valence-corrected chi connectivity index (χ3v) is 8.17. The maximum absolute atomic E-state index is 13.9. The van der Waals surface area contributed by atoms with Gasteiger partial charge in [-0.3, -0.25) is 4.79 Å². The molecule has 0 unspecified atom stereocenters. The van der Waals surface area contributed by atoms with Crippen molar-refractivity contribution in [2.24, 2.45) is 5.10 Å². The van der Waals surface area contributed by atoms with E-state index in [1.54, 1.807) is 36.5 Å². The molecule has 2 N–H and O–H groups in total. The lowest BCUT2D eigenvalue weighted by Crippen LogP contribution is -2.17. The number of nitrogens with one attached hydrogen (secondary N) is 2. The van der Waals surface area contributed by atoms with Crippen LogP contribution in [0, 0.1) is 9.39 Å². The Kier molecular flexibility index (Phi) is 9.65. The van der Waals surface area contributed by atoms with Crippen molar-refractivity contribution in [2.75, 3.05) is 5.32 Å². The Bertz CT molecular complexity index is 1690. The van der Waals surface area contributed by atoms with Crippen LogP contribution in [0.1, 0.15) is 21.5 Å². The molecule has 1 heterocycles. The number of halogens is 4. The quantitative estimate of drug-likeness (QED) is 0.0894. The zero-order valence-corrected chi connectivity index (χ0v) is 26.4. The minimum absolute atomic E-state index is 0.105. The van der Waals surface area contributed by atoms with Gasteiger partial charge in [-0.05, 0) is 98.7 Å². The van der Waals surface area contributed by atoms with Crippen LogP contribution >= 0.6 is 61.5 Å². The van der Waals surface area contributed by atoms with Crippen LogP contribution in [-0.4, -0.2) is 17.1 Å². The van der Waals surface area contributed by atoms with Crippen LogP contribution < -0.4 is 15.5 Å². The molecule has 11 heteroatoms. The highest BCUT2D eigenvalue weighted by molar-refractivity contribution is 14.1. The molecular formula is C30H20BrClFIN4O2S. The molecule has 1 aromatic heterocycles. The fourth-order valence-corrected chi connectivity index (χ4v) is 6.33. The zero-order chi connectivity index (χ0) is 28.8. The zero-order valence-electron chi connectivity index (χ0n) is 21.1. The third kappa shape index (κ3) is 7.70. The maximum Gasteiger partial charge on any atom is 0.271 e. The number of rotatable bonds is 9. The molecule has 41 heavy (non-hydrogen) atoms. The Labute approximate surface area is 266 Å². The number of hydrogen-bond acceptors (Lipinski definition) is 6. The summed E-state index contributed by atoms with van der Waals surface area (Å²) >= 11 is 13.1. The minimum atomic E-state index is -0.338. The lowest BCUT2D eigenvalue weighted by molar-refractivity contribution is 0.0955. The fraction of sp³-hybridized carbons (Fsp3) is 0.0333. The number of hydrazone groups is 1. The molecule has 206 valence electrons. The van der Waals surface area contributed by atoms with Crippen LogP contribution in [-0.2, 0) is 6.61 Å². The van der Waals surface area contributed by atoms with Crippen molar-refractivity contribution in [2.45, 2.75) is 6.61 Å². The minimum Gasteiger partial charge on any atom is -0.486 e. The molecular weight excluding hydrogens is 742 g/mol. The first-order valence-electron chi connectivity index (χ1n) is 12.1. The summed E-state index contributed by atoms with van der Waals surface area (Å²) in [5.41, 5.74) is 6.84. The first-order valence-corrected chi connectivity index (χ1v) is 15.3. The van der Waals surface area contributed by atoms with Crippen LogP contribution in [0.25, 0.3) is 11.3 Å². The van der Waals surface area contributed by atoms with E-state index in [9.17, 15) is 9.18 Å². The van der Waals surface area contributed by atoms with Crippen molar-refractivity contribution in [3.8, 4) is 17.0 Å². The van der Waals surface area contributed by atoms with E-state index in [0.29, 0.717) is 26.4 Å². The van der Waals surface area contributed by atoms with Gasteiger partial charge in [0.2, 0.25) is 0 Å². The van der Waals surface area contributed by atoms with E-state index < -0.39 is 0 Å². The van der Waals surface area contributed by atoms with Gasteiger partial charge >= 0.3 is 0 Å². The van der Waals surface area contributed by atoms with E-state index in [2.05, 4.69) is 59.3 Å². The molecule has 1 amide bonds. The van der Waals surface area contributed by atoms with Gasteiger partial charge < -0.3 is 10.1 Å². The third-order valence-electron chi connectivity index (χ3n) is 5.77. The van der Waals surface area contributed by atoms with Crippen LogP contribution in [0.4, 0.5) is 15.2 Å². The molecule has 0 saturated carbocycles. The summed E-state index contributed by atoms with van der Waals surface area (Å²) in [6, 6.07) is 24.7. The number of nitrogens with zero attached hydrogens (tertiary/aromatic N) is 2. The summed E-state index contributed by atoms with van der Waals surface area (Å²) in [7, 11) is 0. The molecule has 6 nitrogen and oxygen atoms in total. The summed E-state index contributed by atoms with van der Waals surface area (Å²) < 4.78 is 21.3. The van der Waals surface area contributed by atoms with Gasteiger partial charge in [0, 0.05) is 32.8 Å². The molecule has 0 aliphatic rings. The predicted molar refractivity (Wildman–Crippen MR) is 175 cm³/mol. The average Bonchev–Trinajstić information content (AvgIpc) is 3.43. The Morgan fingerprint density at radius 3 is 2.59 bits per heavy atom. The van der Waals surface area contributed by atoms with Crippen LogP contribution in [0.15, 0.2) is 99.9 Å². The largest absolute Gasteiger partial charge is 0.486 e. The Morgan fingerprint density at radius 1 is 1.10 bits per heavy atom. The van der Waals surface area contributed by atoms with E-state index in [1.807, 2.05) is 53.9 Å². The first kappa shape index (κ1) is 29.2. The number of thiazole rings is 1. The summed E-state index contributed by atoms with van der Waals surface area (Å²) in [6.45, 7) is 0.105. The number of carbonyl (C=O) groups is 1. The number of amides is 1. The number of aromatic nitrogens is 1. The van der Waals surface area contributed by atoms with Gasteiger partial charge in [-0.25, -0.2) is 14.8 Å². The second kappa shape index (κ2) is 13.6. The van der Waals surface area contributed by atoms with Crippen molar-refractivity contribution < 1.29 is 13.9 Å². The topological polar surface area (TPSA) is 75.6 Å². The van der Waals surface area contributed by atoms with Crippen LogP contribution in [0.5, 0.6) is 5.75 Å². The summed E-state index contributed by atoms with van der Waals surface area (Å²) in [4.78, 5) is 17.3. The highest BCUT2D eigenvalue weighted by Crippen LogP contribution is 2.32. The normalized spacial score (nSPS) is 11.0. The molecule has 4 aromatic carbocycles. The molecule has 0 fully saturated rings. The molecule has 0 bridgehead atoms. The van der Waals surface area contributed by atoms with Gasteiger partial charge in [-0.2, -0.15) is 5.10 Å². The van der Waals surface area contributed by atoms with Gasteiger partial charge in [-0.15, -0.1) is 11.3 Å². The fourth-order valence-electron chi connectivity index (χ4n) is 3.70. The molecule has 5 rings (SSSR count). The highest BCUT2D eigenvalue weighted by Gasteiger charge is 2.11. The lowest BCUT2D eigenvalue weighted by Gasteiger charge is -2.12. The summed E-state index contributed by atoms with van der Waals surface area (Å²) in [5, 5.41) is 10.7. The van der Waals surface area contributed by atoms with E-state index in [0.717, 1.165) is 31.2 Å². The van der Waals surface area contributed by atoms with Gasteiger partial charge in [0.05, 0.1) is 20.0 Å². The maximum atomic E-state index is 13.9. The smallest absolute Gasteiger partial charge is 0.271 e. The number of ether oxygens (including phenoxy) is 1. The molecule has 0 spiro atoms. The monoisotopic (exact) mass is 760 g/mol. The molecule has 0 saturated heterocycles. The van der Waals surface area contributed by atoms with Crippen molar-refractivity contribution >= 4 is 84.4 Å². The Balaban J connectivity index is 1.17. The van der Waals surface area contributed by atoms with E-state index in [-0.39, 0.29) is 18.3 Å². The molecule has 0 radical (unpaired) electrons.